The van der Waals surface area contributed by atoms with E-state index in [0.717, 1.165) is 4.90 Å². The van der Waals surface area contributed by atoms with Gasteiger partial charge in [-0.1, -0.05) is 0 Å². The monoisotopic (exact) mass is 385 g/mol. The average Bonchev–Trinajstić information content (AvgIpc) is 2.63. The second-order valence-electron chi connectivity index (χ2n) is 6.72. The van der Waals surface area contributed by atoms with Gasteiger partial charge in [0.05, 0.1) is 6.04 Å². The maximum atomic E-state index is 12.6. The molecule has 0 aliphatic carbocycles. The van der Waals surface area contributed by atoms with E-state index in [-0.39, 0.29) is 12.6 Å². The van der Waals surface area contributed by atoms with E-state index >= 15 is 0 Å². The minimum Gasteiger partial charge on any atom is -0.332 e. The molecule has 0 aromatic carbocycles. The number of carbonyl (C=O) groups is 2. The number of amides is 3. The molecule has 3 heterocycles. The van der Waals surface area contributed by atoms with Crippen molar-refractivity contribution in [1.82, 2.24) is 19.7 Å². The molecule has 0 radical (unpaired) electrons. The number of halogens is 3. The summed E-state index contributed by atoms with van der Waals surface area (Å²) in [6, 6.07) is 2.59. The summed E-state index contributed by atoms with van der Waals surface area (Å²) in [6.45, 7) is 0.694. The minimum atomic E-state index is -4.39. The number of carbonyl (C=O) groups excluding carboxylic acids is 2. The van der Waals surface area contributed by atoms with E-state index in [1.54, 1.807) is 29.4 Å². The van der Waals surface area contributed by atoms with Crippen LogP contribution in [0.25, 0.3) is 0 Å². The van der Waals surface area contributed by atoms with Crippen LogP contribution >= 0.6 is 0 Å². The summed E-state index contributed by atoms with van der Waals surface area (Å²) >= 11 is 0. The largest absolute Gasteiger partial charge is 0.406 e. The Labute approximate surface area is 155 Å². The number of rotatable bonds is 3. The van der Waals surface area contributed by atoms with Gasteiger partial charge in [0.15, 0.2) is 0 Å². The molecule has 2 saturated heterocycles. The lowest BCUT2D eigenvalue weighted by atomic mass is 10.0. The molecule has 148 valence electrons. The number of hydrogen-bond donors (Lipinski definition) is 1. The van der Waals surface area contributed by atoms with Crippen molar-refractivity contribution in [3.05, 3.63) is 24.5 Å². The van der Waals surface area contributed by atoms with Crippen LogP contribution in [-0.4, -0.2) is 83.1 Å². The van der Waals surface area contributed by atoms with E-state index in [2.05, 4.69) is 10.3 Å². The van der Waals surface area contributed by atoms with Gasteiger partial charge < -0.3 is 15.1 Å². The summed E-state index contributed by atoms with van der Waals surface area (Å²) in [5.74, 6) is -0.465. The van der Waals surface area contributed by atoms with Crippen LogP contribution in [0.5, 0.6) is 0 Å². The molecule has 7 nitrogen and oxygen atoms in total. The van der Waals surface area contributed by atoms with Crippen molar-refractivity contribution in [3.63, 3.8) is 0 Å². The molecule has 2 aliphatic rings. The fraction of sp³-hybridized carbons (Fsp3) is 0.588. The van der Waals surface area contributed by atoms with E-state index in [4.69, 9.17) is 0 Å². The Hall–Kier alpha value is -2.36. The van der Waals surface area contributed by atoms with Crippen LogP contribution in [0, 0.1) is 0 Å². The lowest BCUT2D eigenvalue weighted by Crippen LogP contribution is -2.59. The van der Waals surface area contributed by atoms with E-state index in [9.17, 15) is 22.8 Å². The normalized spacial score (nSPS) is 22.0. The number of aromatic nitrogens is 1. The second kappa shape index (κ2) is 8.12. The van der Waals surface area contributed by atoms with E-state index < -0.39 is 24.7 Å². The number of anilines is 1. The van der Waals surface area contributed by atoms with E-state index in [1.807, 2.05) is 4.90 Å². The van der Waals surface area contributed by atoms with Gasteiger partial charge >= 0.3 is 12.2 Å². The van der Waals surface area contributed by atoms with Crippen molar-refractivity contribution < 1.29 is 22.8 Å². The summed E-state index contributed by atoms with van der Waals surface area (Å²) < 4.78 is 37.9. The van der Waals surface area contributed by atoms with Gasteiger partial charge in [-0.2, -0.15) is 13.2 Å². The Kier molecular flexibility index (Phi) is 5.83. The van der Waals surface area contributed by atoms with E-state index in [1.165, 1.54) is 0 Å². The zero-order chi connectivity index (χ0) is 19.4. The van der Waals surface area contributed by atoms with Gasteiger partial charge in [0.25, 0.3) is 0 Å². The number of piperazine rings is 1. The third-order valence-electron chi connectivity index (χ3n) is 4.85. The SMILES string of the molecule is O=C(Nc1ccncc1)N1CCN([C@H]2CCCN(CC(F)(F)F)C2=O)CC1. The predicted molar refractivity (Wildman–Crippen MR) is 92.1 cm³/mol. The Morgan fingerprint density at radius 2 is 1.81 bits per heavy atom. The molecule has 1 aromatic heterocycles. The van der Waals surface area contributed by atoms with Crippen molar-refractivity contribution in [2.45, 2.75) is 25.1 Å². The Morgan fingerprint density at radius 3 is 2.44 bits per heavy atom. The highest BCUT2D eigenvalue weighted by atomic mass is 19.4. The molecule has 3 rings (SSSR count). The minimum absolute atomic E-state index is 0.142. The third-order valence-corrected chi connectivity index (χ3v) is 4.85. The highest BCUT2D eigenvalue weighted by Gasteiger charge is 2.40. The fourth-order valence-electron chi connectivity index (χ4n) is 3.51. The molecule has 0 spiro atoms. The molecule has 0 unspecified atom stereocenters. The Morgan fingerprint density at radius 1 is 1.15 bits per heavy atom. The Balaban J connectivity index is 1.52. The highest BCUT2D eigenvalue weighted by Crippen LogP contribution is 2.23. The number of hydrogen-bond acceptors (Lipinski definition) is 4. The first-order chi connectivity index (χ1) is 12.8. The molecule has 1 N–H and O–H groups in total. The molecule has 2 fully saturated rings. The van der Waals surface area contributed by atoms with Gasteiger partial charge in [0.1, 0.15) is 6.54 Å². The number of alkyl halides is 3. The van der Waals surface area contributed by atoms with Crippen LogP contribution in [-0.2, 0) is 4.79 Å². The number of nitrogens with zero attached hydrogens (tertiary/aromatic N) is 4. The van der Waals surface area contributed by atoms with Gasteiger partial charge in [0, 0.05) is 50.8 Å². The molecular weight excluding hydrogens is 363 g/mol. The molecule has 0 saturated carbocycles. The number of urea groups is 1. The smallest absolute Gasteiger partial charge is 0.332 e. The average molecular weight is 385 g/mol. The van der Waals surface area contributed by atoms with Gasteiger partial charge in [-0.15, -0.1) is 0 Å². The number of likely N-dealkylation sites (tertiary alicyclic amines) is 1. The van der Waals surface area contributed by atoms with Gasteiger partial charge in [0.2, 0.25) is 5.91 Å². The molecule has 1 aromatic rings. The number of nitrogens with one attached hydrogen (secondary N) is 1. The lowest BCUT2D eigenvalue weighted by Gasteiger charge is -2.42. The lowest BCUT2D eigenvalue weighted by molar-refractivity contribution is -0.168. The summed E-state index contributed by atoms with van der Waals surface area (Å²) in [6.07, 6.45) is -0.128. The molecule has 27 heavy (non-hydrogen) atoms. The van der Waals surface area contributed by atoms with Crippen LogP contribution in [0.2, 0.25) is 0 Å². The van der Waals surface area contributed by atoms with Gasteiger partial charge in [-0.05, 0) is 25.0 Å². The first-order valence-electron chi connectivity index (χ1n) is 8.89. The number of piperidine rings is 1. The summed E-state index contributed by atoms with van der Waals surface area (Å²) in [5.41, 5.74) is 0.641. The first kappa shape index (κ1) is 19.4. The summed E-state index contributed by atoms with van der Waals surface area (Å²) in [4.78, 5) is 33.1. The maximum Gasteiger partial charge on any atom is 0.406 e. The van der Waals surface area contributed by atoms with Crippen molar-refractivity contribution >= 4 is 17.6 Å². The summed E-state index contributed by atoms with van der Waals surface area (Å²) in [7, 11) is 0. The Bertz CT molecular complexity index is 662. The van der Waals surface area contributed by atoms with Crippen molar-refractivity contribution in [3.8, 4) is 0 Å². The molecular formula is C17H22F3N5O2. The fourth-order valence-corrected chi connectivity index (χ4v) is 3.51. The van der Waals surface area contributed by atoms with Gasteiger partial charge in [-0.3, -0.25) is 14.7 Å². The van der Waals surface area contributed by atoms with Crippen molar-refractivity contribution in [2.24, 2.45) is 0 Å². The second-order valence-corrected chi connectivity index (χ2v) is 6.72. The first-order valence-corrected chi connectivity index (χ1v) is 8.89. The topological polar surface area (TPSA) is 68.8 Å². The molecule has 3 amide bonds. The number of pyridine rings is 1. The zero-order valence-corrected chi connectivity index (χ0v) is 14.8. The standard InChI is InChI=1S/C17H22F3N5O2/c18-17(19,20)12-25-7-1-2-14(15(25)26)23-8-10-24(11-9-23)16(27)22-13-3-5-21-6-4-13/h3-6,14H,1-2,7-12H2,(H,21,22,27)/t14-/m0/s1. The maximum absolute atomic E-state index is 12.6. The highest BCUT2D eigenvalue weighted by molar-refractivity contribution is 5.89. The summed E-state index contributed by atoms with van der Waals surface area (Å²) in [5, 5.41) is 2.78. The third kappa shape index (κ3) is 5.09. The van der Waals surface area contributed by atoms with Gasteiger partial charge in [-0.25, -0.2) is 4.79 Å². The van der Waals surface area contributed by atoms with Crippen LogP contribution in [0.3, 0.4) is 0 Å². The van der Waals surface area contributed by atoms with E-state index in [0.29, 0.717) is 44.7 Å². The van der Waals surface area contributed by atoms with Crippen molar-refractivity contribution in [1.29, 1.82) is 0 Å². The molecule has 2 aliphatic heterocycles. The predicted octanol–water partition coefficient (Wildman–Crippen LogP) is 1.78. The van der Waals surface area contributed by atoms with Crippen LogP contribution < -0.4 is 5.32 Å². The van der Waals surface area contributed by atoms with Crippen LogP contribution in [0.15, 0.2) is 24.5 Å². The van der Waals surface area contributed by atoms with Crippen LogP contribution in [0.4, 0.5) is 23.7 Å². The molecule has 10 heteroatoms. The van der Waals surface area contributed by atoms with Crippen molar-refractivity contribution in [2.75, 3.05) is 44.6 Å². The molecule has 0 bridgehead atoms. The molecule has 1 atom stereocenters. The van der Waals surface area contributed by atoms with Crippen LogP contribution in [0.1, 0.15) is 12.8 Å². The quantitative estimate of drug-likeness (QED) is 0.861. The zero-order valence-electron chi connectivity index (χ0n) is 14.8.